The Labute approximate surface area is 141 Å². The third kappa shape index (κ3) is 6.50. The Bertz CT molecular complexity index is 291. The topological polar surface area (TPSA) is 24.1 Å². The molecule has 0 aliphatic heterocycles. The van der Waals surface area contributed by atoms with Gasteiger partial charge in [-0.3, -0.25) is 0 Å². The highest BCUT2D eigenvalue weighted by molar-refractivity contribution is 8.89. The smallest absolute Gasteiger partial charge is 0.145 e. The van der Waals surface area contributed by atoms with E-state index in [1.807, 2.05) is 0 Å². The molecule has 20 heavy (non-hydrogen) atoms. The summed E-state index contributed by atoms with van der Waals surface area (Å²) in [5, 5.41) is 6.93. The van der Waals surface area contributed by atoms with Gasteiger partial charge < -0.3 is 10.6 Å². The lowest BCUT2D eigenvalue weighted by molar-refractivity contribution is 0.416. The Morgan fingerprint density at radius 1 is 0.650 bits per heavy atom. The second-order valence-corrected chi connectivity index (χ2v) is 9.18. The third-order valence-electron chi connectivity index (χ3n) is 4.05. The number of hydrogen-bond donors (Lipinski definition) is 2. The van der Waals surface area contributed by atoms with Crippen molar-refractivity contribution < 1.29 is 0 Å². The molecular weight excluding hydrogens is 324 g/mol. The first-order chi connectivity index (χ1) is 9.74. The molecule has 0 saturated heterocycles. The number of hydrogen-bond acceptors (Lipinski definition) is 4. The van der Waals surface area contributed by atoms with Crippen molar-refractivity contribution in [3.63, 3.8) is 0 Å². The van der Waals surface area contributed by atoms with Gasteiger partial charge in [-0.15, -0.1) is 0 Å². The van der Waals surface area contributed by atoms with Crippen LogP contribution in [0.25, 0.3) is 0 Å². The average Bonchev–Trinajstić information content (AvgIpc) is 2.47. The highest BCUT2D eigenvalue weighted by atomic mass is 33.1. The lowest BCUT2D eigenvalue weighted by Crippen LogP contribution is -2.34. The largest absolute Gasteiger partial charge is 0.368 e. The van der Waals surface area contributed by atoms with Crippen molar-refractivity contribution in [2.45, 2.75) is 76.3 Å². The van der Waals surface area contributed by atoms with Crippen molar-refractivity contribution in [1.29, 1.82) is 0 Å². The summed E-state index contributed by atoms with van der Waals surface area (Å²) in [6, 6.07) is 1.17. The van der Waals surface area contributed by atoms with Gasteiger partial charge in [-0.25, -0.2) is 0 Å². The minimum absolute atomic E-state index is 0.587. The summed E-state index contributed by atoms with van der Waals surface area (Å²) in [5.74, 6) is 0. The fourth-order valence-corrected chi connectivity index (χ4v) is 5.22. The van der Waals surface area contributed by atoms with Gasteiger partial charge in [-0.05, 0) is 47.3 Å². The minimum atomic E-state index is 0.587. The summed E-state index contributed by atoms with van der Waals surface area (Å²) >= 11 is 10.8. The summed E-state index contributed by atoms with van der Waals surface area (Å²) in [7, 11) is 3.20. The predicted octanol–water partition coefficient (Wildman–Crippen LogP) is 4.78. The number of thiocarbonyl (C=S) groups is 2. The highest BCUT2D eigenvalue weighted by Gasteiger charge is 2.16. The van der Waals surface area contributed by atoms with Crippen LogP contribution in [-0.2, 0) is 0 Å². The average molecular weight is 349 g/mol. The van der Waals surface area contributed by atoms with E-state index in [0.29, 0.717) is 12.1 Å². The van der Waals surface area contributed by atoms with Gasteiger partial charge in [-0.2, -0.15) is 0 Å². The van der Waals surface area contributed by atoms with E-state index in [1.165, 1.54) is 64.2 Å². The van der Waals surface area contributed by atoms with Crippen LogP contribution in [0.3, 0.4) is 0 Å². The van der Waals surface area contributed by atoms with E-state index in [2.05, 4.69) is 10.6 Å². The van der Waals surface area contributed by atoms with Gasteiger partial charge in [0.25, 0.3) is 0 Å². The summed E-state index contributed by atoms with van der Waals surface area (Å²) in [5.41, 5.74) is 0. The monoisotopic (exact) mass is 348 g/mol. The molecule has 114 valence electrons. The van der Waals surface area contributed by atoms with E-state index in [9.17, 15) is 0 Å². The van der Waals surface area contributed by atoms with E-state index >= 15 is 0 Å². The van der Waals surface area contributed by atoms with Crippen LogP contribution in [0.5, 0.6) is 0 Å². The zero-order valence-corrected chi connectivity index (χ0v) is 15.1. The predicted molar refractivity (Wildman–Crippen MR) is 100 cm³/mol. The Kier molecular flexibility index (Phi) is 7.99. The van der Waals surface area contributed by atoms with Crippen LogP contribution >= 0.6 is 46.0 Å². The van der Waals surface area contributed by atoms with Crippen LogP contribution < -0.4 is 10.6 Å². The lowest BCUT2D eigenvalue weighted by Gasteiger charge is -2.25. The fraction of sp³-hybridized carbons (Fsp3) is 0.857. The molecule has 0 radical (unpaired) electrons. The van der Waals surface area contributed by atoms with Gasteiger partial charge in [0, 0.05) is 12.1 Å². The molecule has 2 rings (SSSR count). The molecule has 0 aromatic carbocycles. The maximum Gasteiger partial charge on any atom is 0.145 e. The first kappa shape index (κ1) is 16.8. The fourth-order valence-electron chi connectivity index (χ4n) is 2.95. The maximum absolute atomic E-state index is 5.40. The molecule has 0 aromatic heterocycles. The number of nitrogens with one attached hydrogen (secondary N) is 2. The number of rotatable bonds is 2. The maximum atomic E-state index is 5.40. The Morgan fingerprint density at radius 3 is 1.35 bits per heavy atom. The zero-order chi connectivity index (χ0) is 14.2. The molecule has 2 saturated carbocycles. The molecule has 0 aromatic rings. The Morgan fingerprint density at radius 2 is 1.00 bits per heavy atom. The van der Waals surface area contributed by atoms with Crippen molar-refractivity contribution in [3.8, 4) is 0 Å². The van der Waals surface area contributed by atoms with Crippen LogP contribution in [0.1, 0.15) is 64.2 Å². The van der Waals surface area contributed by atoms with Crippen LogP contribution in [0.15, 0.2) is 0 Å². The van der Waals surface area contributed by atoms with E-state index in [4.69, 9.17) is 24.4 Å². The molecule has 0 amide bonds. The first-order valence-corrected chi connectivity index (χ1v) is 10.7. The highest BCUT2D eigenvalue weighted by Crippen LogP contribution is 2.26. The molecule has 2 aliphatic rings. The molecule has 2 aliphatic carbocycles. The summed E-state index contributed by atoms with van der Waals surface area (Å²) < 4.78 is 1.77. The van der Waals surface area contributed by atoms with Crippen molar-refractivity contribution >= 4 is 54.7 Å². The van der Waals surface area contributed by atoms with Crippen molar-refractivity contribution in [1.82, 2.24) is 10.6 Å². The second-order valence-electron chi connectivity index (χ2n) is 5.70. The molecule has 0 bridgehead atoms. The summed E-state index contributed by atoms with van der Waals surface area (Å²) in [6.07, 6.45) is 13.1. The second kappa shape index (κ2) is 9.49. The van der Waals surface area contributed by atoms with Gasteiger partial charge in [0.05, 0.1) is 0 Å². The van der Waals surface area contributed by atoms with Gasteiger partial charge in [0.1, 0.15) is 8.64 Å². The standard InChI is InChI=1S/C14H24N2S4/c17-13(15-11-7-3-1-4-8-11)19-20-14(18)16-12-9-5-2-6-10-12/h11-12H,1-10H2,(H,15,17)(H,16,18). The van der Waals surface area contributed by atoms with Crippen molar-refractivity contribution in [2.24, 2.45) is 0 Å². The van der Waals surface area contributed by atoms with Crippen molar-refractivity contribution in [3.05, 3.63) is 0 Å². The van der Waals surface area contributed by atoms with Crippen LogP contribution in [0.4, 0.5) is 0 Å². The van der Waals surface area contributed by atoms with Crippen molar-refractivity contribution in [2.75, 3.05) is 0 Å². The SMILES string of the molecule is S=C(NC1CCCCC1)SSC(=S)NC1CCCCC1. The van der Waals surface area contributed by atoms with E-state index in [-0.39, 0.29) is 0 Å². The molecule has 6 heteroatoms. The third-order valence-corrected chi connectivity index (χ3v) is 7.29. The van der Waals surface area contributed by atoms with Gasteiger partial charge in [0.2, 0.25) is 0 Å². The van der Waals surface area contributed by atoms with Gasteiger partial charge in [0.15, 0.2) is 0 Å². The Balaban J connectivity index is 1.58. The minimum Gasteiger partial charge on any atom is -0.368 e. The molecular formula is C14H24N2S4. The normalized spacial score (nSPS) is 21.4. The summed E-state index contributed by atoms with van der Waals surface area (Å²) in [6.45, 7) is 0. The zero-order valence-electron chi connectivity index (χ0n) is 11.9. The molecule has 0 heterocycles. The molecule has 0 unspecified atom stereocenters. The first-order valence-electron chi connectivity index (χ1n) is 7.69. The van der Waals surface area contributed by atoms with Gasteiger partial charge >= 0.3 is 0 Å². The van der Waals surface area contributed by atoms with Gasteiger partial charge in [-0.1, -0.05) is 63.0 Å². The van der Waals surface area contributed by atoms with Crippen LogP contribution in [0.2, 0.25) is 0 Å². The molecule has 2 fully saturated rings. The van der Waals surface area contributed by atoms with E-state index in [0.717, 1.165) is 8.64 Å². The molecule has 2 N–H and O–H groups in total. The molecule has 0 spiro atoms. The van der Waals surface area contributed by atoms with E-state index in [1.54, 1.807) is 21.6 Å². The van der Waals surface area contributed by atoms with E-state index < -0.39 is 0 Å². The van der Waals surface area contributed by atoms with Crippen LogP contribution in [0, 0.1) is 0 Å². The molecule has 0 atom stereocenters. The van der Waals surface area contributed by atoms with Crippen LogP contribution in [-0.4, -0.2) is 20.7 Å². The summed E-state index contributed by atoms with van der Waals surface area (Å²) in [4.78, 5) is 0. The Hall–Kier alpha value is 0.480. The lowest BCUT2D eigenvalue weighted by atomic mass is 9.96. The molecule has 2 nitrogen and oxygen atoms in total. The quantitative estimate of drug-likeness (QED) is 0.550.